The summed E-state index contributed by atoms with van der Waals surface area (Å²) in [4.78, 5) is 12.5. The first-order valence-corrected chi connectivity index (χ1v) is 10.5. The fraction of sp³-hybridized carbons (Fsp3) is 0.174. The number of hydrogen-bond donors (Lipinski definition) is 1. The molecule has 176 valence electrons. The third-order valence-corrected chi connectivity index (χ3v) is 5.81. The van der Waals surface area contributed by atoms with Gasteiger partial charge in [-0.05, 0) is 31.5 Å². The first-order chi connectivity index (χ1) is 16.1. The molecule has 2 aromatic carbocycles. The van der Waals surface area contributed by atoms with Crippen molar-refractivity contribution in [2.24, 2.45) is 0 Å². The van der Waals surface area contributed by atoms with E-state index in [0.717, 1.165) is 21.6 Å². The number of hydrogen-bond acceptors (Lipinski definition) is 3. The van der Waals surface area contributed by atoms with Crippen LogP contribution in [0.5, 0.6) is 0 Å². The maximum absolute atomic E-state index is 13.9. The van der Waals surface area contributed by atoms with Gasteiger partial charge in [-0.1, -0.05) is 23.7 Å². The lowest BCUT2D eigenvalue weighted by Crippen LogP contribution is -2.12. The predicted molar refractivity (Wildman–Crippen MR) is 118 cm³/mol. The summed E-state index contributed by atoms with van der Waals surface area (Å²) in [7, 11) is 0. The van der Waals surface area contributed by atoms with Gasteiger partial charge in [0.05, 0.1) is 41.4 Å². The Morgan fingerprint density at radius 2 is 1.74 bits per heavy atom. The Kier molecular flexibility index (Phi) is 6.43. The Morgan fingerprint density at radius 1 is 1.03 bits per heavy atom. The van der Waals surface area contributed by atoms with Gasteiger partial charge in [-0.15, -0.1) is 0 Å². The van der Waals surface area contributed by atoms with Crippen LogP contribution < -0.4 is 5.32 Å². The predicted octanol–water partition coefficient (Wildman–Crippen LogP) is 5.26. The van der Waals surface area contributed by atoms with Gasteiger partial charge < -0.3 is 5.32 Å². The number of halogens is 5. The molecule has 11 heteroatoms. The number of amides is 1. The number of rotatable bonds is 6. The second-order valence-corrected chi connectivity index (χ2v) is 8.04. The van der Waals surface area contributed by atoms with E-state index in [4.69, 9.17) is 11.6 Å². The van der Waals surface area contributed by atoms with Crippen LogP contribution in [0.2, 0.25) is 5.02 Å². The number of nitrogens with zero attached hydrogens (tertiary/aromatic N) is 4. The van der Waals surface area contributed by atoms with Crippen LogP contribution in [0.15, 0.2) is 42.7 Å². The molecule has 4 rings (SSSR count). The molecular formula is C23H18ClF4N5O. The van der Waals surface area contributed by atoms with Crippen LogP contribution in [0.3, 0.4) is 0 Å². The van der Waals surface area contributed by atoms with Gasteiger partial charge in [0.2, 0.25) is 0 Å². The van der Waals surface area contributed by atoms with Crippen LogP contribution in [-0.2, 0) is 13.1 Å². The minimum absolute atomic E-state index is 0.259. The molecule has 0 aliphatic heterocycles. The number of anilines is 1. The van der Waals surface area contributed by atoms with Gasteiger partial charge in [0.1, 0.15) is 5.82 Å². The molecule has 4 aromatic rings. The van der Waals surface area contributed by atoms with Crippen molar-refractivity contribution in [1.29, 1.82) is 0 Å². The summed E-state index contributed by atoms with van der Waals surface area (Å²) in [5.41, 5.74) is 2.46. The fourth-order valence-electron chi connectivity index (χ4n) is 3.39. The van der Waals surface area contributed by atoms with Crippen molar-refractivity contribution in [3.8, 4) is 0 Å². The zero-order valence-corrected chi connectivity index (χ0v) is 18.8. The highest BCUT2D eigenvalue weighted by molar-refractivity contribution is 6.31. The smallest absolute Gasteiger partial charge is 0.255 e. The summed E-state index contributed by atoms with van der Waals surface area (Å²) in [5, 5.41) is 11.5. The average molecular weight is 492 g/mol. The maximum atomic E-state index is 13.9. The van der Waals surface area contributed by atoms with Crippen molar-refractivity contribution in [2.45, 2.75) is 26.9 Å². The molecule has 6 nitrogen and oxygen atoms in total. The van der Waals surface area contributed by atoms with Crippen LogP contribution in [0.4, 0.5) is 23.2 Å². The molecule has 1 N–H and O–H groups in total. The van der Waals surface area contributed by atoms with E-state index < -0.39 is 41.3 Å². The quantitative estimate of drug-likeness (QED) is 0.227. The summed E-state index contributed by atoms with van der Waals surface area (Å²) >= 11 is 6.17. The molecule has 2 aromatic heterocycles. The van der Waals surface area contributed by atoms with Gasteiger partial charge in [-0.2, -0.15) is 10.2 Å². The fourth-order valence-corrected chi connectivity index (χ4v) is 3.53. The van der Waals surface area contributed by atoms with Gasteiger partial charge in [-0.25, -0.2) is 17.6 Å². The van der Waals surface area contributed by atoms with E-state index in [0.29, 0.717) is 17.1 Å². The summed E-state index contributed by atoms with van der Waals surface area (Å²) in [5.74, 6) is -6.66. The molecule has 0 radical (unpaired) electrons. The molecule has 0 bridgehead atoms. The SMILES string of the molecule is Cc1nn(Cc2ccc(C(=O)Nc3cnn(Cc4c(F)cc(F)c(F)c4F)c3)cc2)c(C)c1Cl. The molecule has 0 saturated carbocycles. The first-order valence-electron chi connectivity index (χ1n) is 10.1. The molecule has 2 heterocycles. The van der Waals surface area contributed by atoms with E-state index in [1.165, 1.54) is 12.4 Å². The van der Waals surface area contributed by atoms with E-state index >= 15 is 0 Å². The lowest BCUT2D eigenvalue weighted by Gasteiger charge is -2.07. The van der Waals surface area contributed by atoms with Crippen molar-refractivity contribution >= 4 is 23.2 Å². The summed E-state index contributed by atoms with van der Waals surface area (Å²) in [6.45, 7) is 3.70. The highest BCUT2D eigenvalue weighted by atomic mass is 35.5. The van der Waals surface area contributed by atoms with Gasteiger partial charge in [-0.3, -0.25) is 14.2 Å². The lowest BCUT2D eigenvalue weighted by atomic mass is 10.1. The zero-order chi connectivity index (χ0) is 24.6. The van der Waals surface area contributed by atoms with Gasteiger partial charge in [0, 0.05) is 23.4 Å². The second kappa shape index (κ2) is 9.30. The van der Waals surface area contributed by atoms with Crippen LogP contribution in [-0.4, -0.2) is 25.5 Å². The Morgan fingerprint density at radius 3 is 2.38 bits per heavy atom. The first kappa shape index (κ1) is 23.5. The zero-order valence-electron chi connectivity index (χ0n) is 18.0. The van der Waals surface area contributed by atoms with Crippen LogP contribution in [0, 0.1) is 37.1 Å². The van der Waals surface area contributed by atoms with Crippen molar-refractivity contribution in [3.05, 3.63) is 99.1 Å². The minimum atomic E-state index is -1.76. The van der Waals surface area contributed by atoms with E-state index in [1.54, 1.807) is 28.9 Å². The average Bonchev–Trinajstić information content (AvgIpc) is 3.35. The Balaban J connectivity index is 1.42. The van der Waals surface area contributed by atoms with Crippen molar-refractivity contribution < 1.29 is 22.4 Å². The standard InChI is InChI=1S/C23H18ClF4N5O/c1-12-20(24)13(2)33(31-12)9-14-3-5-15(6-4-14)23(34)30-16-8-29-32(10-16)11-17-18(25)7-19(26)22(28)21(17)27/h3-8,10H,9,11H2,1-2H3,(H,30,34). The molecule has 34 heavy (non-hydrogen) atoms. The molecule has 0 saturated heterocycles. The molecule has 1 amide bonds. The van der Waals surface area contributed by atoms with E-state index in [2.05, 4.69) is 15.5 Å². The summed E-state index contributed by atoms with van der Waals surface area (Å²) in [6.07, 6.45) is 2.59. The molecule has 0 unspecified atom stereocenters. The van der Waals surface area contributed by atoms with Crippen LogP contribution in [0.25, 0.3) is 0 Å². The number of benzene rings is 2. The number of carbonyl (C=O) groups is 1. The van der Waals surface area contributed by atoms with E-state index in [1.807, 2.05) is 13.8 Å². The highest BCUT2D eigenvalue weighted by Crippen LogP contribution is 2.22. The number of carbonyl (C=O) groups excluding carboxylic acids is 1. The molecular weight excluding hydrogens is 474 g/mol. The molecule has 0 fully saturated rings. The molecule has 0 spiro atoms. The van der Waals surface area contributed by atoms with Crippen LogP contribution in [0.1, 0.15) is 32.9 Å². The van der Waals surface area contributed by atoms with Gasteiger partial charge >= 0.3 is 0 Å². The molecule has 0 aliphatic carbocycles. The number of nitrogens with one attached hydrogen (secondary N) is 1. The second-order valence-electron chi connectivity index (χ2n) is 7.67. The maximum Gasteiger partial charge on any atom is 0.255 e. The third kappa shape index (κ3) is 4.67. The topological polar surface area (TPSA) is 64.7 Å². The minimum Gasteiger partial charge on any atom is -0.319 e. The Hall–Kier alpha value is -3.66. The lowest BCUT2D eigenvalue weighted by molar-refractivity contribution is 0.102. The third-order valence-electron chi connectivity index (χ3n) is 5.26. The normalized spacial score (nSPS) is 11.1. The monoisotopic (exact) mass is 491 g/mol. The summed E-state index contributed by atoms with van der Waals surface area (Å²) in [6, 6.07) is 7.14. The van der Waals surface area contributed by atoms with Crippen molar-refractivity contribution in [3.63, 3.8) is 0 Å². The highest BCUT2D eigenvalue weighted by Gasteiger charge is 2.20. The van der Waals surface area contributed by atoms with Crippen molar-refractivity contribution in [2.75, 3.05) is 5.32 Å². The number of aryl methyl sites for hydroxylation is 1. The van der Waals surface area contributed by atoms with Crippen LogP contribution >= 0.6 is 11.6 Å². The Labute approximate surface area is 196 Å². The van der Waals surface area contributed by atoms with E-state index in [9.17, 15) is 22.4 Å². The number of aromatic nitrogens is 4. The van der Waals surface area contributed by atoms with E-state index in [-0.39, 0.29) is 11.8 Å². The van der Waals surface area contributed by atoms with Crippen molar-refractivity contribution in [1.82, 2.24) is 19.6 Å². The molecule has 0 atom stereocenters. The molecule has 0 aliphatic rings. The van der Waals surface area contributed by atoms with Gasteiger partial charge in [0.25, 0.3) is 5.91 Å². The largest absolute Gasteiger partial charge is 0.319 e. The summed E-state index contributed by atoms with van der Waals surface area (Å²) < 4.78 is 57.1. The Bertz CT molecular complexity index is 1380. The van der Waals surface area contributed by atoms with Gasteiger partial charge in [0.15, 0.2) is 17.5 Å².